The number of carbonyl (C=O) groups is 1. The van der Waals surface area contributed by atoms with Gasteiger partial charge in [0.15, 0.2) is 0 Å². The summed E-state index contributed by atoms with van der Waals surface area (Å²) < 4.78 is 60.6. The average molecular weight is 614 g/mol. The normalized spacial score (nSPS) is 18.4. The summed E-state index contributed by atoms with van der Waals surface area (Å²) in [6, 6.07) is 4.90. The third-order valence-electron chi connectivity index (χ3n) is 6.92. The van der Waals surface area contributed by atoms with Crippen LogP contribution in [-0.4, -0.2) is 45.9 Å². The van der Waals surface area contributed by atoms with Crippen molar-refractivity contribution < 1.29 is 27.1 Å². The van der Waals surface area contributed by atoms with Crippen LogP contribution >= 0.6 is 22.9 Å². The Hall–Kier alpha value is -2.70. The molecule has 6 nitrogen and oxygen atoms in total. The first-order valence-corrected chi connectivity index (χ1v) is 12.7. The molecule has 1 saturated heterocycles. The minimum atomic E-state index is -4.79. The van der Waals surface area contributed by atoms with Crippen molar-refractivity contribution in [1.29, 1.82) is 0 Å². The van der Waals surface area contributed by atoms with Gasteiger partial charge >= 0.3 is 6.36 Å². The summed E-state index contributed by atoms with van der Waals surface area (Å²) in [4.78, 5) is 22.3. The molecule has 0 spiro atoms. The maximum atomic E-state index is 15.2. The van der Waals surface area contributed by atoms with Gasteiger partial charge in [0.05, 0.1) is 29.1 Å². The van der Waals surface area contributed by atoms with Gasteiger partial charge < -0.3 is 14.6 Å². The zero-order valence-electron chi connectivity index (χ0n) is 19.2. The van der Waals surface area contributed by atoms with Crippen LogP contribution in [0.15, 0.2) is 33.7 Å². The summed E-state index contributed by atoms with van der Waals surface area (Å²) in [5.74, 6) is -1.07. The Morgan fingerprint density at radius 3 is 2.56 bits per heavy atom. The molecule has 0 radical (unpaired) electrons. The number of pyridine rings is 1. The lowest BCUT2D eigenvalue weighted by Gasteiger charge is -2.33. The molecule has 0 atom stereocenters. The Morgan fingerprint density at radius 2 is 1.89 bits per heavy atom. The predicted molar refractivity (Wildman–Crippen MR) is 135 cm³/mol. The van der Waals surface area contributed by atoms with Gasteiger partial charge in [-0.3, -0.25) is 4.79 Å². The van der Waals surface area contributed by atoms with Gasteiger partial charge in [-0.15, -0.1) is 13.2 Å². The lowest BCUT2D eigenvalue weighted by Crippen LogP contribution is -2.38. The van der Waals surface area contributed by atoms with Crippen molar-refractivity contribution in [3.8, 4) is 5.75 Å². The summed E-state index contributed by atoms with van der Waals surface area (Å²) in [5.41, 5.74) is 4.85. The van der Waals surface area contributed by atoms with E-state index in [2.05, 4.69) is 17.9 Å². The molecule has 1 aliphatic carbocycles. The van der Waals surface area contributed by atoms with E-state index in [-0.39, 0.29) is 29.0 Å². The molecule has 3 aromatic rings. The number of fused-ring (bicyclic) bond motifs is 3. The molecule has 1 N–H and O–H groups in total. The van der Waals surface area contributed by atoms with E-state index in [4.69, 9.17) is 0 Å². The third kappa shape index (κ3) is 5.07. The quantitative estimate of drug-likeness (QED) is 0.214. The number of hydrogen-bond acceptors (Lipinski definition) is 4. The Morgan fingerprint density at radius 1 is 1.17 bits per heavy atom. The fraction of sp³-hybridized carbons (Fsp3) is 0.400. The lowest BCUT2D eigenvalue weighted by molar-refractivity contribution is -0.274. The first-order chi connectivity index (χ1) is 17.2. The Kier molecular flexibility index (Phi) is 6.92. The number of benzene rings is 1. The number of hydrogen-bond donors (Lipinski definition) is 1. The summed E-state index contributed by atoms with van der Waals surface area (Å²) in [5, 5.41) is 0.842. The highest BCUT2D eigenvalue weighted by Crippen LogP contribution is 2.38. The molecule has 3 heterocycles. The van der Waals surface area contributed by atoms with Crippen LogP contribution in [0.5, 0.6) is 5.75 Å². The number of aromatic nitrogens is 2. The van der Waals surface area contributed by atoms with Gasteiger partial charge in [-0.2, -0.15) is 0 Å². The molecular weight excluding hydrogens is 591 g/mol. The first kappa shape index (κ1) is 25.0. The minimum Gasteiger partial charge on any atom is -0.406 e. The van der Waals surface area contributed by atoms with Crippen molar-refractivity contribution in [1.82, 2.24) is 14.9 Å². The van der Waals surface area contributed by atoms with E-state index in [9.17, 15) is 18.0 Å². The second-order valence-corrected chi connectivity index (χ2v) is 9.63. The van der Waals surface area contributed by atoms with Crippen molar-refractivity contribution >= 4 is 45.5 Å². The van der Waals surface area contributed by atoms with E-state index in [1.54, 1.807) is 4.90 Å². The number of ether oxygens (including phenoxy) is 1. The third-order valence-corrected chi connectivity index (χ3v) is 7.61. The SMILES string of the molecule is O=C(c1ccc(OC(F)(F)F)cc1)N1CCC(c2c(F)cnc3[nH]c4c(c23)C/C(=N\I)CCC4)CC1. The van der Waals surface area contributed by atoms with Crippen LogP contribution in [0.25, 0.3) is 11.0 Å². The predicted octanol–water partition coefficient (Wildman–Crippen LogP) is 6.29. The molecule has 0 unspecified atom stereocenters. The smallest absolute Gasteiger partial charge is 0.406 e. The molecule has 36 heavy (non-hydrogen) atoms. The molecule has 11 heteroatoms. The molecule has 190 valence electrons. The van der Waals surface area contributed by atoms with Crippen molar-refractivity contribution in [2.45, 2.75) is 50.8 Å². The van der Waals surface area contributed by atoms with E-state index in [1.807, 2.05) is 22.9 Å². The van der Waals surface area contributed by atoms with Gasteiger partial charge in [0.2, 0.25) is 0 Å². The van der Waals surface area contributed by atoms with E-state index >= 15 is 4.39 Å². The van der Waals surface area contributed by atoms with Crippen molar-refractivity contribution in [2.75, 3.05) is 13.1 Å². The molecule has 2 aliphatic rings. The summed E-state index contributed by atoms with van der Waals surface area (Å²) >= 11 is 2.02. The monoisotopic (exact) mass is 614 g/mol. The van der Waals surface area contributed by atoms with Gasteiger partial charge in [0, 0.05) is 47.4 Å². The van der Waals surface area contributed by atoms with Crippen LogP contribution in [0.3, 0.4) is 0 Å². The van der Waals surface area contributed by atoms with Crippen molar-refractivity contribution in [3.05, 3.63) is 58.7 Å². The van der Waals surface area contributed by atoms with E-state index in [0.29, 0.717) is 43.6 Å². The number of likely N-dealkylation sites (tertiary alicyclic amines) is 1. The van der Waals surface area contributed by atoms with Gasteiger partial charge in [-0.25, -0.2) is 12.6 Å². The van der Waals surface area contributed by atoms with Gasteiger partial charge in [-0.1, -0.05) is 0 Å². The number of carbonyl (C=O) groups excluding carboxylic acids is 1. The number of rotatable bonds is 3. The number of nitrogens with one attached hydrogen (secondary N) is 1. The number of H-pyrrole nitrogens is 1. The van der Waals surface area contributed by atoms with Gasteiger partial charge in [-0.05, 0) is 67.9 Å². The largest absolute Gasteiger partial charge is 0.573 e. The Balaban J connectivity index is 1.35. The molecule has 1 fully saturated rings. The van der Waals surface area contributed by atoms with Crippen LogP contribution in [0.2, 0.25) is 0 Å². The number of nitrogens with zero attached hydrogens (tertiary/aromatic N) is 3. The standard InChI is InChI=1S/C25H23F4IN4O2/c26-19-13-31-23-22(18-12-16(33-30)2-1-3-20(18)32-23)21(19)14-8-10-34(11-9-14)24(35)15-4-6-17(7-5-15)36-25(27,28)29/h4-7,13-14H,1-3,8-12H2,(H,31,32)/b33-16-. The number of piperidine rings is 1. The van der Waals surface area contributed by atoms with E-state index < -0.39 is 6.36 Å². The Labute approximate surface area is 218 Å². The Bertz CT molecular complexity index is 1310. The van der Waals surface area contributed by atoms with Crippen LogP contribution < -0.4 is 4.74 Å². The number of amides is 1. The average Bonchev–Trinajstić information content (AvgIpc) is 3.06. The maximum absolute atomic E-state index is 15.2. The van der Waals surface area contributed by atoms with Crippen molar-refractivity contribution in [3.63, 3.8) is 0 Å². The first-order valence-electron chi connectivity index (χ1n) is 11.7. The lowest BCUT2D eigenvalue weighted by atomic mass is 9.86. The molecular formula is C25H23F4IN4O2. The summed E-state index contributed by atoms with van der Waals surface area (Å²) in [7, 11) is 0. The molecule has 1 aromatic carbocycles. The van der Waals surface area contributed by atoms with Crippen molar-refractivity contribution in [2.24, 2.45) is 3.21 Å². The van der Waals surface area contributed by atoms with Crippen LogP contribution in [0, 0.1) is 5.82 Å². The molecule has 0 bridgehead atoms. The number of aromatic amines is 1. The van der Waals surface area contributed by atoms with E-state index in [1.165, 1.54) is 18.3 Å². The fourth-order valence-corrected chi connectivity index (χ4v) is 5.68. The summed E-state index contributed by atoms with van der Waals surface area (Å²) in [6.45, 7) is 0.835. The van der Waals surface area contributed by atoms with E-state index in [0.717, 1.165) is 53.8 Å². The summed E-state index contributed by atoms with van der Waals surface area (Å²) in [6.07, 6.45) is 1.04. The zero-order chi connectivity index (χ0) is 25.4. The second kappa shape index (κ2) is 9.98. The number of halogens is 5. The molecule has 1 aliphatic heterocycles. The van der Waals surface area contributed by atoms with Crippen LogP contribution in [0.4, 0.5) is 17.6 Å². The fourth-order valence-electron chi connectivity index (χ4n) is 5.27. The second-order valence-electron chi connectivity index (χ2n) is 9.15. The number of alkyl halides is 3. The topological polar surface area (TPSA) is 70.6 Å². The minimum absolute atomic E-state index is 0.0785. The highest BCUT2D eigenvalue weighted by atomic mass is 127. The van der Waals surface area contributed by atoms with Gasteiger partial charge in [0.25, 0.3) is 5.91 Å². The highest BCUT2D eigenvalue weighted by Gasteiger charge is 2.32. The molecule has 2 aromatic heterocycles. The molecule has 0 saturated carbocycles. The van der Waals surface area contributed by atoms with Crippen LogP contribution in [0.1, 0.15) is 58.8 Å². The van der Waals surface area contributed by atoms with Gasteiger partial charge in [0.1, 0.15) is 17.2 Å². The molecule has 5 rings (SSSR count). The maximum Gasteiger partial charge on any atom is 0.573 e. The highest BCUT2D eigenvalue weighted by molar-refractivity contribution is 14.1. The number of aryl methyl sites for hydroxylation is 1. The zero-order valence-corrected chi connectivity index (χ0v) is 21.3. The van der Waals surface area contributed by atoms with Crippen LogP contribution in [-0.2, 0) is 12.8 Å². The molecule has 1 amide bonds.